The first-order valence-corrected chi connectivity index (χ1v) is 14.3. The van der Waals surface area contributed by atoms with Crippen LogP contribution < -0.4 is 11.1 Å². The molecule has 8 nitrogen and oxygen atoms in total. The third-order valence-corrected chi connectivity index (χ3v) is 7.25. The number of fused-ring (bicyclic) bond motifs is 1. The first-order valence-electron chi connectivity index (χ1n) is 14.3. The van der Waals surface area contributed by atoms with Gasteiger partial charge in [0.05, 0.1) is 16.6 Å². The number of anilines is 1. The number of amides is 2. The van der Waals surface area contributed by atoms with E-state index in [-0.39, 0.29) is 11.8 Å². The van der Waals surface area contributed by atoms with Gasteiger partial charge in [0.25, 0.3) is 11.8 Å². The Morgan fingerprint density at radius 3 is 2.31 bits per heavy atom. The number of aromatic nitrogens is 2. The van der Waals surface area contributed by atoms with E-state index in [9.17, 15) is 9.59 Å². The maximum Gasteiger partial charge on any atom is 0.253 e. The zero-order valence-corrected chi connectivity index (χ0v) is 25.0. The molecular formula is C31H48N6O2. The van der Waals surface area contributed by atoms with Crippen LogP contribution in [0.15, 0.2) is 42.0 Å². The van der Waals surface area contributed by atoms with Crippen LogP contribution in [0.25, 0.3) is 11.0 Å². The molecule has 0 spiro atoms. The summed E-state index contributed by atoms with van der Waals surface area (Å²) in [7, 11) is 3.52. The van der Waals surface area contributed by atoms with E-state index in [1.165, 1.54) is 0 Å². The Hall–Kier alpha value is -3.13. The summed E-state index contributed by atoms with van der Waals surface area (Å²) in [5.74, 6) is 1.88. The lowest BCUT2D eigenvalue weighted by Gasteiger charge is -2.30. The fourth-order valence-corrected chi connectivity index (χ4v) is 4.65. The summed E-state index contributed by atoms with van der Waals surface area (Å²) in [5, 5.41) is 3.61. The molecule has 0 bridgehead atoms. The molecule has 2 aromatic rings. The zero-order chi connectivity index (χ0) is 28.7. The van der Waals surface area contributed by atoms with Gasteiger partial charge in [0.1, 0.15) is 0 Å². The summed E-state index contributed by atoms with van der Waals surface area (Å²) in [4.78, 5) is 34.5. The molecule has 0 saturated carbocycles. The van der Waals surface area contributed by atoms with E-state index in [4.69, 9.17) is 10.7 Å². The molecule has 0 radical (unpaired) electrons. The van der Waals surface area contributed by atoms with Crippen molar-refractivity contribution in [3.8, 4) is 0 Å². The second-order valence-corrected chi connectivity index (χ2v) is 12.0. The van der Waals surface area contributed by atoms with Gasteiger partial charge in [-0.3, -0.25) is 9.59 Å². The molecular weight excluding hydrogens is 488 g/mol. The molecule has 1 heterocycles. The number of nitrogens with zero attached hydrogens (tertiary/aromatic N) is 4. The molecule has 8 heteroatoms. The van der Waals surface area contributed by atoms with Crippen LogP contribution in [0, 0.1) is 11.8 Å². The number of hydrogen-bond acceptors (Lipinski definition) is 5. The monoisotopic (exact) mass is 536 g/mol. The van der Waals surface area contributed by atoms with E-state index in [0.29, 0.717) is 42.5 Å². The van der Waals surface area contributed by atoms with E-state index in [0.717, 1.165) is 49.3 Å². The number of rotatable bonds is 13. The Balaban J connectivity index is 1.91. The number of hydrogen-bond donors (Lipinski definition) is 2. The first kappa shape index (κ1) is 30.4. The van der Waals surface area contributed by atoms with Crippen LogP contribution >= 0.6 is 0 Å². The minimum absolute atomic E-state index is 0.00323. The Labute approximate surface area is 234 Å². The lowest BCUT2D eigenvalue weighted by molar-refractivity contribution is -0.124. The third-order valence-electron chi connectivity index (χ3n) is 7.25. The van der Waals surface area contributed by atoms with Crippen LogP contribution in [0.4, 0.5) is 5.95 Å². The second-order valence-electron chi connectivity index (χ2n) is 12.0. The summed E-state index contributed by atoms with van der Waals surface area (Å²) >= 11 is 0. The van der Waals surface area contributed by atoms with Crippen molar-refractivity contribution >= 4 is 28.8 Å². The van der Waals surface area contributed by atoms with Crippen LogP contribution in [0.5, 0.6) is 0 Å². The van der Waals surface area contributed by atoms with E-state index >= 15 is 0 Å². The van der Waals surface area contributed by atoms with Crippen LogP contribution in [0.2, 0.25) is 0 Å². The Kier molecular flexibility index (Phi) is 10.4. The summed E-state index contributed by atoms with van der Waals surface area (Å²) in [6.45, 7) is 13.7. The maximum absolute atomic E-state index is 13.7. The van der Waals surface area contributed by atoms with Crippen molar-refractivity contribution in [3.05, 3.63) is 47.6 Å². The van der Waals surface area contributed by atoms with Crippen molar-refractivity contribution in [1.29, 1.82) is 0 Å². The van der Waals surface area contributed by atoms with Gasteiger partial charge in [0.2, 0.25) is 5.95 Å². The molecule has 1 atom stereocenters. The van der Waals surface area contributed by atoms with Gasteiger partial charge in [0, 0.05) is 44.9 Å². The molecule has 1 aliphatic rings. The minimum Gasteiger partial charge on any atom is -0.347 e. The normalized spacial score (nSPS) is 17.1. The highest BCUT2D eigenvalue weighted by Gasteiger charge is 2.27. The number of nitrogens with one attached hydrogen (secondary N) is 1. The fraction of sp³-hybridized carbons (Fsp3) is 0.581. The van der Waals surface area contributed by atoms with Gasteiger partial charge in [-0.25, -0.2) is 4.98 Å². The summed E-state index contributed by atoms with van der Waals surface area (Å²) < 4.78 is 2.13. The Morgan fingerprint density at radius 1 is 1.10 bits per heavy atom. The van der Waals surface area contributed by atoms with Crippen LogP contribution in [0.3, 0.4) is 0 Å². The highest BCUT2D eigenvalue weighted by molar-refractivity contribution is 5.98. The summed E-state index contributed by atoms with van der Waals surface area (Å²) in [6, 6.07) is 5.83. The van der Waals surface area contributed by atoms with E-state index in [1.807, 2.05) is 41.3 Å². The van der Waals surface area contributed by atoms with Gasteiger partial charge >= 0.3 is 0 Å². The molecule has 2 amide bonds. The number of aryl methyl sites for hydroxylation is 1. The smallest absolute Gasteiger partial charge is 0.253 e. The van der Waals surface area contributed by atoms with E-state index in [2.05, 4.69) is 44.5 Å². The largest absolute Gasteiger partial charge is 0.347 e. The first-order chi connectivity index (χ1) is 18.4. The van der Waals surface area contributed by atoms with Gasteiger partial charge in [-0.1, -0.05) is 45.9 Å². The lowest BCUT2D eigenvalue weighted by atomic mass is 9.90. The number of likely N-dealkylation sites (N-methyl/N-ethyl adjacent to an activating group) is 1. The van der Waals surface area contributed by atoms with Crippen LogP contribution in [-0.2, 0) is 11.3 Å². The molecule has 1 aromatic heterocycles. The van der Waals surface area contributed by atoms with Gasteiger partial charge in [-0.2, -0.15) is 0 Å². The number of imidazole rings is 1. The molecule has 0 fully saturated rings. The van der Waals surface area contributed by atoms with Gasteiger partial charge in [0.15, 0.2) is 0 Å². The van der Waals surface area contributed by atoms with Crippen molar-refractivity contribution in [2.75, 3.05) is 39.0 Å². The van der Waals surface area contributed by atoms with Crippen molar-refractivity contribution in [1.82, 2.24) is 19.4 Å². The molecule has 0 saturated heterocycles. The Bertz CT molecular complexity index is 1200. The molecule has 1 aliphatic carbocycles. The van der Waals surface area contributed by atoms with Crippen molar-refractivity contribution in [3.63, 3.8) is 0 Å². The Morgan fingerprint density at radius 2 is 1.77 bits per heavy atom. The molecule has 0 aliphatic heterocycles. The quantitative estimate of drug-likeness (QED) is 0.373. The standard InChI is InChI=1S/C31H48N6O2/c1-22(2)13-19-36(20-14-23(3)4)29(39)25-9-10-26-27(21-25)37(18-8-17-32)30(33-26)34-31(5)15-11-24(12-16-31)28(38)35(6)7/h9-12,15,21-23H,8,13-14,16-20,32H2,1-7H3,(H,33,34)/t31-/m0/s1. The highest BCUT2D eigenvalue weighted by Crippen LogP contribution is 2.29. The van der Waals surface area contributed by atoms with E-state index in [1.54, 1.807) is 19.0 Å². The molecule has 214 valence electrons. The molecule has 1 aromatic carbocycles. The van der Waals surface area contributed by atoms with E-state index < -0.39 is 5.54 Å². The number of nitrogens with two attached hydrogens (primary N) is 1. The average Bonchev–Trinajstić information content (AvgIpc) is 3.22. The minimum atomic E-state index is -0.402. The van der Waals surface area contributed by atoms with Crippen molar-refractivity contribution in [2.24, 2.45) is 17.6 Å². The number of carbonyl (C=O) groups excluding carboxylic acids is 2. The molecule has 39 heavy (non-hydrogen) atoms. The van der Waals surface area contributed by atoms with Gasteiger partial charge < -0.3 is 25.4 Å². The number of carbonyl (C=O) groups is 2. The zero-order valence-electron chi connectivity index (χ0n) is 25.0. The highest BCUT2D eigenvalue weighted by atomic mass is 16.2. The molecule has 3 rings (SSSR count). The van der Waals surface area contributed by atoms with Gasteiger partial charge in [-0.15, -0.1) is 0 Å². The fourth-order valence-electron chi connectivity index (χ4n) is 4.65. The SMILES string of the molecule is CC(C)CCN(CCC(C)C)C(=O)c1ccc2nc(N[C@@]3(C)C=CC(C(=O)N(C)C)=CC3)n(CCCN)c2c1. The van der Waals surface area contributed by atoms with Crippen LogP contribution in [0.1, 0.15) is 70.7 Å². The predicted octanol–water partition coefficient (Wildman–Crippen LogP) is 5.06. The average molecular weight is 537 g/mol. The predicted molar refractivity (Wildman–Crippen MR) is 161 cm³/mol. The molecule has 3 N–H and O–H groups in total. The topological polar surface area (TPSA) is 96.5 Å². The molecule has 0 unspecified atom stereocenters. The lowest BCUT2D eigenvalue weighted by Crippen LogP contribution is -2.36. The van der Waals surface area contributed by atoms with Gasteiger partial charge in [-0.05, 0) is 69.2 Å². The van der Waals surface area contributed by atoms with Crippen molar-refractivity contribution < 1.29 is 9.59 Å². The second kappa shape index (κ2) is 13.3. The third kappa shape index (κ3) is 7.94. The van der Waals surface area contributed by atoms with Crippen molar-refractivity contribution in [2.45, 2.75) is 72.4 Å². The summed E-state index contributed by atoms with van der Waals surface area (Å²) in [6.07, 6.45) is 9.30. The maximum atomic E-state index is 13.7. The van der Waals surface area contributed by atoms with Crippen LogP contribution in [-0.4, -0.2) is 70.4 Å². The summed E-state index contributed by atoms with van der Waals surface area (Å²) in [5.41, 5.74) is 8.62. The number of benzene rings is 1.